The van der Waals surface area contributed by atoms with Crippen LogP contribution in [0.4, 0.5) is 5.82 Å². The van der Waals surface area contributed by atoms with Crippen LogP contribution in [0.2, 0.25) is 0 Å². The quantitative estimate of drug-likeness (QED) is 0.778. The van der Waals surface area contributed by atoms with E-state index in [-0.39, 0.29) is 29.8 Å². The van der Waals surface area contributed by atoms with Crippen molar-refractivity contribution in [3.8, 4) is 0 Å². The third kappa shape index (κ3) is 2.80. The van der Waals surface area contributed by atoms with E-state index in [4.69, 9.17) is 24.7 Å². The van der Waals surface area contributed by atoms with E-state index in [0.717, 1.165) is 0 Å². The third-order valence-corrected chi connectivity index (χ3v) is 3.97. The summed E-state index contributed by atoms with van der Waals surface area (Å²) in [7, 11) is 2.83. The molecule has 4 atom stereocenters. The molecule has 0 aromatic carbocycles. The minimum absolute atomic E-state index is 0.0780. The minimum Gasteiger partial charge on any atom is -0.464 e. The summed E-state index contributed by atoms with van der Waals surface area (Å²) in [5.41, 5.74) is 6.03. The van der Waals surface area contributed by atoms with Crippen LogP contribution in [0.1, 0.15) is 24.3 Å². The number of carbonyl (C=O) groups excluding carboxylic acids is 1. The molecule has 2 unspecified atom stereocenters. The highest BCUT2D eigenvalue weighted by atomic mass is 16.8. The van der Waals surface area contributed by atoms with Gasteiger partial charge in [0.2, 0.25) is 0 Å². The summed E-state index contributed by atoms with van der Waals surface area (Å²) in [5.74, 6) is -1.06. The zero-order chi connectivity index (χ0) is 16.8. The Kier molecular flexibility index (Phi) is 4.05. The number of methoxy groups -OCH3 is 2. The van der Waals surface area contributed by atoms with Gasteiger partial charge in [0.05, 0.1) is 20.0 Å². The lowest BCUT2D eigenvalue weighted by molar-refractivity contribution is -0.228. The van der Waals surface area contributed by atoms with Crippen molar-refractivity contribution in [2.24, 2.45) is 0 Å². The molecular weight excluding hydrogens is 306 g/mol. The Bertz CT molecular complexity index is 601. The second-order valence-electron chi connectivity index (χ2n) is 5.97. The first kappa shape index (κ1) is 16.2. The van der Waals surface area contributed by atoms with Gasteiger partial charge in [-0.25, -0.2) is 9.78 Å². The Morgan fingerprint density at radius 1 is 1.39 bits per heavy atom. The zero-order valence-electron chi connectivity index (χ0n) is 13.5. The van der Waals surface area contributed by atoms with E-state index in [9.17, 15) is 4.79 Å². The van der Waals surface area contributed by atoms with E-state index in [1.54, 1.807) is 11.7 Å². The number of ether oxygens (including phenoxy) is 5. The van der Waals surface area contributed by atoms with Crippen molar-refractivity contribution in [2.45, 2.75) is 50.8 Å². The fourth-order valence-corrected chi connectivity index (χ4v) is 2.96. The topological polar surface area (TPSA) is 107 Å². The highest BCUT2D eigenvalue weighted by Gasteiger charge is 2.55. The lowest BCUT2D eigenvalue weighted by Crippen LogP contribution is -2.33. The SMILES string of the molecule is COC(=O)c1ncn(C[C@H]2O[C@@H](OC)C3OC(C)(C)OC32)c1N. The number of rotatable bonds is 4. The molecule has 2 fully saturated rings. The third-order valence-electron chi connectivity index (χ3n) is 3.97. The summed E-state index contributed by atoms with van der Waals surface area (Å²) in [6.07, 6.45) is 0.00887. The fraction of sp³-hybridized carbons (Fsp3) is 0.714. The van der Waals surface area contributed by atoms with E-state index in [2.05, 4.69) is 9.72 Å². The molecule has 1 aromatic heterocycles. The summed E-state index contributed by atoms with van der Waals surface area (Å²) in [5, 5.41) is 0. The van der Waals surface area contributed by atoms with Gasteiger partial charge < -0.3 is 34.0 Å². The summed E-state index contributed by atoms with van der Waals surface area (Å²) >= 11 is 0. The number of hydrogen-bond donors (Lipinski definition) is 1. The van der Waals surface area contributed by atoms with Crippen LogP contribution in [0.5, 0.6) is 0 Å². The van der Waals surface area contributed by atoms with Crippen LogP contribution in [-0.2, 0) is 30.2 Å². The van der Waals surface area contributed by atoms with E-state index < -0.39 is 18.0 Å². The van der Waals surface area contributed by atoms with Crippen LogP contribution in [0.3, 0.4) is 0 Å². The Balaban J connectivity index is 1.78. The molecule has 0 amide bonds. The van der Waals surface area contributed by atoms with E-state index in [0.29, 0.717) is 6.54 Å². The van der Waals surface area contributed by atoms with Gasteiger partial charge >= 0.3 is 5.97 Å². The first-order valence-corrected chi connectivity index (χ1v) is 7.29. The van der Waals surface area contributed by atoms with E-state index in [1.807, 2.05) is 13.8 Å². The molecule has 3 rings (SSSR count). The molecule has 9 nitrogen and oxygen atoms in total. The fourth-order valence-electron chi connectivity index (χ4n) is 2.96. The highest BCUT2D eigenvalue weighted by molar-refractivity contribution is 5.92. The number of imidazole rings is 1. The number of fused-ring (bicyclic) bond motifs is 1. The molecule has 0 radical (unpaired) electrons. The molecule has 0 saturated carbocycles. The lowest BCUT2D eigenvalue weighted by atomic mass is 10.1. The van der Waals surface area contributed by atoms with Gasteiger partial charge in [0.1, 0.15) is 24.1 Å². The van der Waals surface area contributed by atoms with Crippen LogP contribution in [0, 0.1) is 0 Å². The Morgan fingerprint density at radius 3 is 2.74 bits per heavy atom. The van der Waals surface area contributed by atoms with Crippen LogP contribution in [0.15, 0.2) is 6.33 Å². The second kappa shape index (κ2) is 5.75. The number of aromatic nitrogens is 2. The normalized spacial score (nSPS) is 32.0. The smallest absolute Gasteiger partial charge is 0.360 e. The largest absolute Gasteiger partial charge is 0.464 e. The van der Waals surface area contributed by atoms with Crippen molar-refractivity contribution in [1.82, 2.24) is 9.55 Å². The molecule has 0 bridgehead atoms. The van der Waals surface area contributed by atoms with Crippen molar-refractivity contribution in [2.75, 3.05) is 20.0 Å². The molecule has 2 N–H and O–H groups in total. The summed E-state index contributed by atoms with van der Waals surface area (Å²) in [6.45, 7) is 4.04. The standard InChI is InChI=1S/C14H21N3O6/c1-14(2)22-9-7(21-13(20-4)10(9)23-14)5-17-6-16-8(11(17)15)12(18)19-3/h6-7,9-10,13H,5,15H2,1-4H3/t7-,9?,10?,13-/m1/s1. The zero-order valence-corrected chi connectivity index (χ0v) is 13.5. The van der Waals surface area contributed by atoms with Gasteiger partial charge in [0.25, 0.3) is 0 Å². The van der Waals surface area contributed by atoms with Gasteiger partial charge in [-0.1, -0.05) is 0 Å². The number of nitrogens with two attached hydrogens (primary N) is 1. The first-order chi connectivity index (χ1) is 10.9. The molecule has 2 aliphatic rings. The molecule has 23 heavy (non-hydrogen) atoms. The molecule has 0 spiro atoms. The maximum atomic E-state index is 11.6. The summed E-state index contributed by atoms with van der Waals surface area (Å²) in [4.78, 5) is 15.6. The molecule has 128 valence electrons. The number of nitrogen functional groups attached to an aromatic ring is 1. The van der Waals surface area contributed by atoms with Crippen molar-refractivity contribution in [3.63, 3.8) is 0 Å². The lowest BCUT2D eigenvalue weighted by Gasteiger charge is -2.23. The monoisotopic (exact) mass is 327 g/mol. The first-order valence-electron chi connectivity index (χ1n) is 7.29. The Labute approximate surface area is 133 Å². The number of carbonyl (C=O) groups is 1. The molecule has 0 aliphatic carbocycles. The van der Waals surface area contributed by atoms with Gasteiger partial charge in [-0.15, -0.1) is 0 Å². The second-order valence-corrected chi connectivity index (χ2v) is 5.97. The van der Waals surface area contributed by atoms with Crippen molar-refractivity contribution >= 4 is 11.8 Å². The number of nitrogens with zero attached hydrogens (tertiary/aromatic N) is 2. The van der Waals surface area contributed by atoms with Crippen molar-refractivity contribution in [1.29, 1.82) is 0 Å². The molecule has 1 aromatic rings. The molecule has 2 saturated heterocycles. The van der Waals surface area contributed by atoms with Crippen LogP contribution in [0.25, 0.3) is 0 Å². The van der Waals surface area contributed by atoms with Gasteiger partial charge in [0, 0.05) is 7.11 Å². The maximum Gasteiger partial charge on any atom is 0.360 e. The molecule has 3 heterocycles. The molecular formula is C14H21N3O6. The van der Waals surface area contributed by atoms with Crippen molar-refractivity contribution in [3.05, 3.63) is 12.0 Å². The van der Waals surface area contributed by atoms with Gasteiger partial charge in [0.15, 0.2) is 17.8 Å². The average molecular weight is 327 g/mol. The van der Waals surface area contributed by atoms with Gasteiger partial charge in [-0.3, -0.25) is 0 Å². The van der Waals surface area contributed by atoms with E-state index >= 15 is 0 Å². The number of hydrogen-bond acceptors (Lipinski definition) is 8. The predicted molar refractivity (Wildman–Crippen MR) is 77.5 cm³/mol. The van der Waals surface area contributed by atoms with Crippen LogP contribution in [-0.4, -0.2) is 60.1 Å². The summed E-state index contributed by atoms with van der Waals surface area (Å²) < 4.78 is 29.2. The van der Waals surface area contributed by atoms with Crippen LogP contribution >= 0.6 is 0 Å². The molecule has 9 heteroatoms. The Hall–Kier alpha value is -1.68. The number of anilines is 1. The predicted octanol–water partition coefficient (Wildman–Crippen LogP) is 0.143. The highest BCUT2D eigenvalue weighted by Crippen LogP contribution is 2.39. The average Bonchev–Trinajstić information content (AvgIpc) is 3.11. The minimum atomic E-state index is -0.703. The van der Waals surface area contributed by atoms with Crippen molar-refractivity contribution < 1.29 is 28.5 Å². The Morgan fingerprint density at radius 2 is 2.09 bits per heavy atom. The van der Waals surface area contributed by atoms with E-state index in [1.165, 1.54) is 13.4 Å². The molecule has 2 aliphatic heterocycles. The number of esters is 1. The maximum absolute atomic E-state index is 11.6. The van der Waals surface area contributed by atoms with Gasteiger partial charge in [-0.2, -0.15) is 0 Å². The van der Waals surface area contributed by atoms with Gasteiger partial charge in [-0.05, 0) is 13.8 Å². The van der Waals surface area contributed by atoms with Crippen LogP contribution < -0.4 is 5.73 Å². The summed E-state index contributed by atoms with van der Waals surface area (Å²) in [6, 6.07) is 0.